The topological polar surface area (TPSA) is 102 Å². The first-order chi connectivity index (χ1) is 12.6. The zero-order valence-corrected chi connectivity index (χ0v) is 16.2. The number of carbonyl (C=O) groups excluding carboxylic acids is 2. The van der Waals surface area contributed by atoms with Crippen LogP contribution in [0.3, 0.4) is 0 Å². The standard InChI is InChI=1S/C20H27N5O2/c1-12(13-7-9-15(10-8-13)23-19(21)27)22-18(26)17-11-16(14-5-6-14)24-25(17)20(2,3)4/h7-12,14H,5-6H2,1-4H3,(H,22,26)(H3,21,23,27)/t12-/m1/s1. The summed E-state index contributed by atoms with van der Waals surface area (Å²) in [5.41, 5.74) is 7.98. The van der Waals surface area contributed by atoms with Gasteiger partial charge in [0.25, 0.3) is 5.91 Å². The van der Waals surface area contributed by atoms with Crippen molar-refractivity contribution in [3.63, 3.8) is 0 Å². The van der Waals surface area contributed by atoms with Crippen molar-refractivity contribution >= 4 is 17.6 Å². The molecule has 1 aliphatic rings. The molecule has 3 rings (SSSR count). The van der Waals surface area contributed by atoms with Crippen LogP contribution >= 0.6 is 0 Å². The highest BCUT2D eigenvalue weighted by Crippen LogP contribution is 2.40. The van der Waals surface area contributed by atoms with Crippen LogP contribution in [0.15, 0.2) is 30.3 Å². The van der Waals surface area contributed by atoms with Crippen molar-refractivity contribution in [3.05, 3.63) is 47.3 Å². The number of nitrogens with zero attached hydrogens (tertiary/aromatic N) is 2. The van der Waals surface area contributed by atoms with Gasteiger partial charge in [0.2, 0.25) is 0 Å². The van der Waals surface area contributed by atoms with Crippen LogP contribution in [0, 0.1) is 0 Å². The van der Waals surface area contributed by atoms with Gasteiger partial charge >= 0.3 is 6.03 Å². The van der Waals surface area contributed by atoms with E-state index in [0.717, 1.165) is 24.1 Å². The Morgan fingerprint density at radius 1 is 1.22 bits per heavy atom. The Morgan fingerprint density at radius 2 is 1.85 bits per heavy atom. The number of aromatic nitrogens is 2. The lowest BCUT2D eigenvalue weighted by Crippen LogP contribution is -2.33. The van der Waals surface area contributed by atoms with Crippen molar-refractivity contribution in [3.8, 4) is 0 Å². The second-order valence-electron chi connectivity index (χ2n) is 8.12. The minimum absolute atomic E-state index is 0.142. The third kappa shape index (κ3) is 4.48. The number of anilines is 1. The monoisotopic (exact) mass is 369 g/mol. The average Bonchev–Trinajstić information content (AvgIpc) is 3.31. The molecule has 7 nitrogen and oxygen atoms in total. The van der Waals surface area contributed by atoms with Crippen LogP contribution in [0.25, 0.3) is 0 Å². The van der Waals surface area contributed by atoms with E-state index in [1.165, 1.54) is 0 Å². The van der Waals surface area contributed by atoms with Gasteiger partial charge in [-0.15, -0.1) is 0 Å². The lowest BCUT2D eigenvalue weighted by Gasteiger charge is -2.23. The molecule has 1 aliphatic carbocycles. The van der Waals surface area contributed by atoms with E-state index in [2.05, 4.69) is 15.7 Å². The molecule has 1 aromatic carbocycles. The molecule has 0 unspecified atom stereocenters. The number of nitrogens with one attached hydrogen (secondary N) is 2. The van der Waals surface area contributed by atoms with E-state index in [-0.39, 0.29) is 17.5 Å². The fourth-order valence-electron chi connectivity index (χ4n) is 3.00. The van der Waals surface area contributed by atoms with Crippen molar-refractivity contribution in [1.29, 1.82) is 0 Å². The summed E-state index contributed by atoms with van der Waals surface area (Å²) in [5.74, 6) is 0.346. The lowest BCUT2D eigenvalue weighted by atomic mass is 10.1. The number of primary amides is 1. The predicted octanol–water partition coefficient (Wildman–Crippen LogP) is 3.50. The zero-order chi connectivity index (χ0) is 19.8. The summed E-state index contributed by atoms with van der Waals surface area (Å²) in [6.45, 7) is 8.05. The zero-order valence-electron chi connectivity index (χ0n) is 16.2. The van der Waals surface area contributed by atoms with Crippen LogP contribution in [0.1, 0.15) is 74.2 Å². The van der Waals surface area contributed by atoms with Crippen LogP contribution in [-0.4, -0.2) is 21.7 Å². The van der Waals surface area contributed by atoms with E-state index in [1.54, 1.807) is 12.1 Å². The number of urea groups is 1. The normalized spacial score (nSPS) is 15.3. The quantitative estimate of drug-likeness (QED) is 0.751. The number of hydrogen-bond donors (Lipinski definition) is 3. The molecule has 27 heavy (non-hydrogen) atoms. The van der Waals surface area contributed by atoms with E-state index in [1.807, 2.05) is 50.6 Å². The molecule has 1 fully saturated rings. The molecule has 0 aliphatic heterocycles. The van der Waals surface area contributed by atoms with Gasteiger partial charge in [0, 0.05) is 11.6 Å². The highest BCUT2D eigenvalue weighted by molar-refractivity contribution is 5.93. The second-order valence-corrected chi connectivity index (χ2v) is 8.12. The first-order valence-corrected chi connectivity index (χ1v) is 9.23. The maximum Gasteiger partial charge on any atom is 0.316 e. The Balaban J connectivity index is 1.75. The van der Waals surface area contributed by atoms with Crippen LogP contribution in [0.2, 0.25) is 0 Å². The molecular weight excluding hydrogens is 342 g/mol. The highest BCUT2D eigenvalue weighted by Gasteiger charge is 2.31. The van der Waals surface area contributed by atoms with Crippen LogP contribution in [-0.2, 0) is 5.54 Å². The third-order valence-electron chi connectivity index (χ3n) is 4.62. The maximum absolute atomic E-state index is 12.9. The van der Waals surface area contributed by atoms with Crippen molar-refractivity contribution in [1.82, 2.24) is 15.1 Å². The van der Waals surface area contributed by atoms with Gasteiger partial charge in [-0.05, 0) is 64.3 Å². The number of rotatable bonds is 5. The molecule has 0 radical (unpaired) electrons. The number of nitrogens with two attached hydrogens (primary N) is 1. The SMILES string of the molecule is C[C@@H](NC(=O)c1cc(C2CC2)nn1C(C)(C)C)c1ccc(NC(N)=O)cc1. The van der Waals surface area contributed by atoms with Gasteiger partial charge in [-0.25, -0.2) is 4.79 Å². The second kappa shape index (κ2) is 7.06. The number of hydrogen-bond acceptors (Lipinski definition) is 3. The van der Waals surface area contributed by atoms with Gasteiger partial charge in [-0.3, -0.25) is 9.48 Å². The largest absolute Gasteiger partial charge is 0.351 e. The van der Waals surface area contributed by atoms with Gasteiger partial charge in [-0.2, -0.15) is 5.10 Å². The Labute approximate surface area is 159 Å². The first-order valence-electron chi connectivity index (χ1n) is 9.23. The van der Waals surface area contributed by atoms with Gasteiger partial charge in [-0.1, -0.05) is 12.1 Å². The lowest BCUT2D eigenvalue weighted by molar-refractivity contribution is 0.0921. The number of amides is 3. The first kappa shape index (κ1) is 18.9. The van der Waals surface area contributed by atoms with Crippen molar-refractivity contribution in [2.24, 2.45) is 5.73 Å². The van der Waals surface area contributed by atoms with E-state index in [4.69, 9.17) is 5.73 Å². The molecule has 0 saturated heterocycles. The summed E-state index contributed by atoms with van der Waals surface area (Å²) in [4.78, 5) is 23.8. The summed E-state index contributed by atoms with van der Waals surface area (Å²) in [6, 6.07) is 8.35. The summed E-state index contributed by atoms with van der Waals surface area (Å²) in [5, 5.41) is 10.3. The van der Waals surface area contributed by atoms with Crippen LogP contribution in [0.5, 0.6) is 0 Å². The van der Waals surface area contributed by atoms with Gasteiger partial charge in [0.15, 0.2) is 0 Å². The molecule has 4 N–H and O–H groups in total. The fraction of sp³-hybridized carbons (Fsp3) is 0.450. The molecule has 0 bridgehead atoms. The molecule has 3 amide bonds. The molecule has 7 heteroatoms. The molecule has 1 saturated carbocycles. The highest BCUT2D eigenvalue weighted by atomic mass is 16.2. The summed E-state index contributed by atoms with van der Waals surface area (Å²) in [6.07, 6.45) is 2.29. The van der Waals surface area contributed by atoms with E-state index < -0.39 is 6.03 Å². The average molecular weight is 369 g/mol. The minimum Gasteiger partial charge on any atom is -0.351 e. The van der Waals surface area contributed by atoms with Gasteiger partial charge in [0.1, 0.15) is 5.69 Å². The van der Waals surface area contributed by atoms with Gasteiger partial charge < -0.3 is 16.4 Å². The third-order valence-corrected chi connectivity index (χ3v) is 4.62. The fourth-order valence-corrected chi connectivity index (χ4v) is 3.00. The number of benzene rings is 1. The van der Waals surface area contributed by atoms with Gasteiger partial charge in [0.05, 0.1) is 17.3 Å². The van der Waals surface area contributed by atoms with Crippen molar-refractivity contribution in [2.45, 2.75) is 58.0 Å². The summed E-state index contributed by atoms with van der Waals surface area (Å²) in [7, 11) is 0. The number of carbonyl (C=O) groups is 2. The Morgan fingerprint density at radius 3 is 2.37 bits per heavy atom. The molecule has 2 aromatic rings. The maximum atomic E-state index is 12.9. The van der Waals surface area contributed by atoms with Crippen molar-refractivity contribution < 1.29 is 9.59 Å². The Hall–Kier alpha value is -2.83. The van der Waals surface area contributed by atoms with E-state index in [9.17, 15) is 9.59 Å². The minimum atomic E-state index is -0.606. The smallest absolute Gasteiger partial charge is 0.316 e. The summed E-state index contributed by atoms with van der Waals surface area (Å²) < 4.78 is 1.82. The molecule has 0 spiro atoms. The summed E-state index contributed by atoms with van der Waals surface area (Å²) >= 11 is 0. The Kier molecular flexibility index (Phi) is 4.95. The molecular formula is C20H27N5O2. The molecule has 1 aromatic heterocycles. The van der Waals surface area contributed by atoms with Crippen LogP contribution < -0.4 is 16.4 Å². The van der Waals surface area contributed by atoms with E-state index >= 15 is 0 Å². The van der Waals surface area contributed by atoms with E-state index in [0.29, 0.717) is 17.3 Å². The Bertz CT molecular complexity index is 844. The molecule has 1 atom stereocenters. The van der Waals surface area contributed by atoms with Crippen LogP contribution in [0.4, 0.5) is 10.5 Å². The molecule has 1 heterocycles. The van der Waals surface area contributed by atoms with Crippen molar-refractivity contribution in [2.75, 3.05) is 5.32 Å². The predicted molar refractivity (Wildman–Crippen MR) is 105 cm³/mol. The molecule has 144 valence electrons.